The highest BCUT2D eigenvalue weighted by Crippen LogP contribution is 2.07. The molecule has 2 aromatic rings. The van der Waals surface area contributed by atoms with Crippen LogP contribution >= 0.6 is 11.3 Å². The Balaban J connectivity index is 1.50. The number of nitrogens with one attached hydrogen (secondary N) is 3. The standard InChI is InChI=1S/C17H25N5S/c1-18-17(22-13-9-15-7-6-14-23-15)21-12-5-4-11-20-16-8-2-3-10-19-16/h2-3,6-8,10,14H,4-5,9,11-13H2,1H3,(H,19,20)(H2,18,21,22). The van der Waals surface area contributed by atoms with E-state index >= 15 is 0 Å². The minimum atomic E-state index is 0.874. The van der Waals surface area contributed by atoms with E-state index in [1.807, 2.05) is 25.2 Å². The van der Waals surface area contributed by atoms with Gasteiger partial charge in [-0.15, -0.1) is 11.3 Å². The second-order valence-corrected chi connectivity index (χ2v) is 6.14. The summed E-state index contributed by atoms with van der Waals surface area (Å²) in [6.07, 6.45) is 5.02. The SMILES string of the molecule is CN=C(NCCCCNc1ccccn1)NCCc1cccs1. The summed E-state index contributed by atoms with van der Waals surface area (Å²) in [5.74, 6) is 1.81. The van der Waals surface area contributed by atoms with Crippen molar-refractivity contribution in [3.8, 4) is 0 Å². The number of hydrogen-bond acceptors (Lipinski definition) is 4. The van der Waals surface area contributed by atoms with Crippen LogP contribution in [0.2, 0.25) is 0 Å². The van der Waals surface area contributed by atoms with Crippen molar-refractivity contribution in [2.24, 2.45) is 4.99 Å². The van der Waals surface area contributed by atoms with Crippen LogP contribution < -0.4 is 16.0 Å². The molecule has 0 atom stereocenters. The summed E-state index contributed by atoms with van der Waals surface area (Å²) < 4.78 is 0. The third kappa shape index (κ3) is 7.15. The van der Waals surface area contributed by atoms with E-state index in [1.165, 1.54) is 4.88 Å². The second-order valence-electron chi connectivity index (χ2n) is 5.10. The van der Waals surface area contributed by atoms with Crippen molar-refractivity contribution in [2.45, 2.75) is 19.3 Å². The molecule has 0 aliphatic rings. The lowest BCUT2D eigenvalue weighted by Crippen LogP contribution is -2.38. The minimum Gasteiger partial charge on any atom is -0.370 e. The van der Waals surface area contributed by atoms with E-state index in [4.69, 9.17) is 0 Å². The number of unbranched alkanes of at least 4 members (excludes halogenated alkanes) is 1. The maximum Gasteiger partial charge on any atom is 0.190 e. The molecule has 23 heavy (non-hydrogen) atoms. The fourth-order valence-electron chi connectivity index (χ4n) is 2.12. The zero-order valence-corrected chi connectivity index (χ0v) is 14.4. The molecule has 0 spiro atoms. The van der Waals surface area contributed by atoms with Crippen molar-refractivity contribution in [2.75, 3.05) is 32.0 Å². The van der Waals surface area contributed by atoms with Crippen LogP contribution in [-0.2, 0) is 6.42 Å². The molecule has 2 rings (SSSR count). The molecule has 124 valence electrons. The maximum atomic E-state index is 4.24. The number of aliphatic imine (C=N–C) groups is 1. The van der Waals surface area contributed by atoms with Gasteiger partial charge in [-0.25, -0.2) is 4.98 Å². The quantitative estimate of drug-likeness (QED) is 0.376. The highest BCUT2D eigenvalue weighted by Gasteiger charge is 1.98. The fourth-order valence-corrected chi connectivity index (χ4v) is 2.83. The summed E-state index contributed by atoms with van der Waals surface area (Å²) in [7, 11) is 1.81. The van der Waals surface area contributed by atoms with E-state index < -0.39 is 0 Å². The van der Waals surface area contributed by atoms with Crippen LogP contribution in [0.3, 0.4) is 0 Å². The number of anilines is 1. The van der Waals surface area contributed by atoms with Crippen LogP contribution in [0.25, 0.3) is 0 Å². The molecule has 0 aromatic carbocycles. The van der Waals surface area contributed by atoms with Crippen LogP contribution in [0.15, 0.2) is 46.9 Å². The van der Waals surface area contributed by atoms with Gasteiger partial charge in [-0.2, -0.15) is 0 Å². The number of hydrogen-bond donors (Lipinski definition) is 3. The zero-order chi connectivity index (χ0) is 16.2. The second kappa shape index (κ2) is 10.6. The lowest BCUT2D eigenvalue weighted by atomic mass is 10.3. The first kappa shape index (κ1) is 17.3. The summed E-state index contributed by atoms with van der Waals surface area (Å²) in [6, 6.07) is 10.1. The van der Waals surface area contributed by atoms with Gasteiger partial charge in [-0.3, -0.25) is 4.99 Å². The first-order valence-electron chi connectivity index (χ1n) is 8.00. The normalized spacial score (nSPS) is 11.3. The minimum absolute atomic E-state index is 0.874. The third-order valence-electron chi connectivity index (χ3n) is 3.33. The van der Waals surface area contributed by atoms with Gasteiger partial charge in [0.1, 0.15) is 5.82 Å². The van der Waals surface area contributed by atoms with Crippen molar-refractivity contribution in [3.63, 3.8) is 0 Å². The molecule has 0 saturated carbocycles. The van der Waals surface area contributed by atoms with Crippen LogP contribution in [-0.4, -0.2) is 37.6 Å². The molecule has 0 aliphatic heterocycles. The Kier molecular flexibility index (Phi) is 7.97. The average Bonchev–Trinajstić information content (AvgIpc) is 3.10. The van der Waals surface area contributed by atoms with E-state index in [2.05, 4.69) is 43.4 Å². The number of thiophene rings is 1. The third-order valence-corrected chi connectivity index (χ3v) is 4.27. The Morgan fingerprint density at radius 1 is 1.09 bits per heavy atom. The number of guanidine groups is 1. The molecule has 6 heteroatoms. The van der Waals surface area contributed by atoms with Gasteiger partial charge < -0.3 is 16.0 Å². The summed E-state index contributed by atoms with van der Waals surface area (Å²) >= 11 is 1.79. The van der Waals surface area contributed by atoms with Crippen LogP contribution in [0.5, 0.6) is 0 Å². The van der Waals surface area contributed by atoms with Gasteiger partial charge in [0.05, 0.1) is 0 Å². The predicted octanol–water partition coefficient (Wildman–Crippen LogP) is 2.74. The van der Waals surface area contributed by atoms with Crippen LogP contribution in [0.1, 0.15) is 17.7 Å². The molecule has 3 N–H and O–H groups in total. The van der Waals surface area contributed by atoms with E-state index in [1.54, 1.807) is 17.5 Å². The van der Waals surface area contributed by atoms with Gasteiger partial charge in [0.2, 0.25) is 0 Å². The number of nitrogens with zero attached hydrogens (tertiary/aromatic N) is 2. The van der Waals surface area contributed by atoms with Crippen molar-refractivity contribution in [1.29, 1.82) is 0 Å². The topological polar surface area (TPSA) is 61.3 Å². The highest BCUT2D eigenvalue weighted by molar-refractivity contribution is 7.09. The molecule has 0 saturated heterocycles. The molecule has 0 unspecified atom stereocenters. The van der Waals surface area contributed by atoms with Gasteiger partial charge in [0, 0.05) is 37.8 Å². The summed E-state index contributed by atoms with van der Waals surface area (Å²) in [5.41, 5.74) is 0. The largest absolute Gasteiger partial charge is 0.370 e. The molecule has 0 aliphatic carbocycles. The monoisotopic (exact) mass is 331 g/mol. The molecule has 5 nitrogen and oxygen atoms in total. The first-order chi connectivity index (χ1) is 11.4. The highest BCUT2D eigenvalue weighted by atomic mass is 32.1. The van der Waals surface area contributed by atoms with Crippen molar-refractivity contribution >= 4 is 23.1 Å². The number of aromatic nitrogens is 1. The Hall–Kier alpha value is -2.08. The summed E-state index contributed by atoms with van der Waals surface area (Å²) in [4.78, 5) is 9.88. The van der Waals surface area contributed by atoms with Crippen molar-refractivity contribution < 1.29 is 0 Å². The van der Waals surface area contributed by atoms with Crippen molar-refractivity contribution in [1.82, 2.24) is 15.6 Å². The molecule has 0 fully saturated rings. The molecule has 2 heterocycles. The van der Waals surface area contributed by atoms with E-state index in [0.29, 0.717) is 0 Å². The first-order valence-corrected chi connectivity index (χ1v) is 8.88. The van der Waals surface area contributed by atoms with Gasteiger partial charge in [0.25, 0.3) is 0 Å². The molecule has 0 amide bonds. The smallest absolute Gasteiger partial charge is 0.190 e. The lowest BCUT2D eigenvalue weighted by Gasteiger charge is -2.11. The van der Waals surface area contributed by atoms with Gasteiger partial charge in [-0.1, -0.05) is 12.1 Å². The molecule has 0 bridgehead atoms. The molecular weight excluding hydrogens is 306 g/mol. The average molecular weight is 331 g/mol. The van der Waals surface area contributed by atoms with Crippen LogP contribution in [0.4, 0.5) is 5.82 Å². The Bertz CT molecular complexity index is 554. The van der Waals surface area contributed by atoms with Gasteiger partial charge in [-0.05, 0) is 42.8 Å². The maximum absolute atomic E-state index is 4.24. The van der Waals surface area contributed by atoms with Gasteiger partial charge in [0.15, 0.2) is 5.96 Å². The van der Waals surface area contributed by atoms with E-state index in [-0.39, 0.29) is 0 Å². The summed E-state index contributed by atoms with van der Waals surface area (Å²) in [6.45, 7) is 2.76. The lowest BCUT2D eigenvalue weighted by molar-refractivity contribution is 0.711. The molecule has 0 radical (unpaired) electrons. The Morgan fingerprint density at radius 3 is 2.70 bits per heavy atom. The van der Waals surface area contributed by atoms with Crippen molar-refractivity contribution in [3.05, 3.63) is 46.8 Å². The van der Waals surface area contributed by atoms with Crippen LogP contribution in [0, 0.1) is 0 Å². The van der Waals surface area contributed by atoms with E-state index in [0.717, 1.165) is 50.7 Å². The number of pyridine rings is 1. The Labute approximate surface area is 142 Å². The van der Waals surface area contributed by atoms with Gasteiger partial charge >= 0.3 is 0 Å². The molecule has 2 aromatic heterocycles. The zero-order valence-electron chi connectivity index (χ0n) is 13.6. The molecular formula is C17H25N5S. The summed E-state index contributed by atoms with van der Waals surface area (Å²) in [5, 5.41) is 12.1. The fraction of sp³-hybridized carbons (Fsp3) is 0.412. The number of rotatable bonds is 9. The Morgan fingerprint density at radius 2 is 1.96 bits per heavy atom. The predicted molar refractivity (Wildman–Crippen MR) is 99.3 cm³/mol. The van der Waals surface area contributed by atoms with E-state index in [9.17, 15) is 0 Å².